The molecule has 4 heteroatoms. The molecule has 14 heavy (non-hydrogen) atoms. The van der Waals surface area contributed by atoms with Crippen LogP contribution in [-0.2, 0) is 6.54 Å². The van der Waals surface area contributed by atoms with E-state index in [-0.39, 0.29) is 20.3 Å². The van der Waals surface area contributed by atoms with Crippen molar-refractivity contribution in [2.45, 2.75) is 13.5 Å². The molecule has 0 atom stereocenters. The van der Waals surface area contributed by atoms with Gasteiger partial charge in [0, 0.05) is 0 Å². The molecule has 0 fully saturated rings. The Bertz CT molecular complexity index is 512. The molecule has 0 aliphatic carbocycles. The Morgan fingerprint density at radius 2 is 2.29 bits per heavy atom. The van der Waals surface area contributed by atoms with Crippen molar-refractivity contribution in [1.29, 1.82) is 0 Å². The second kappa shape index (κ2) is 3.73. The van der Waals surface area contributed by atoms with E-state index in [0.717, 1.165) is 10.9 Å². The van der Waals surface area contributed by atoms with Crippen molar-refractivity contribution in [3.05, 3.63) is 34.1 Å². The summed E-state index contributed by atoms with van der Waals surface area (Å²) in [6.07, 6.45) is 0. The van der Waals surface area contributed by atoms with Crippen LogP contribution in [0.2, 0.25) is 0 Å². The quantitative estimate of drug-likeness (QED) is 0.786. The van der Waals surface area contributed by atoms with Gasteiger partial charge in [-0.15, -0.1) is 0 Å². The molecule has 0 unspecified atom stereocenters. The molecule has 0 spiro atoms. The van der Waals surface area contributed by atoms with Crippen LogP contribution in [0.1, 0.15) is 5.56 Å². The van der Waals surface area contributed by atoms with Gasteiger partial charge in [-0.05, 0) is 0 Å². The summed E-state index contributed by atoms with van der Waals surface area (Å²) in [7, 11) is 0. The van der Waals surface area contributed by atoms with Crippen LogP contribution in [0.4, 0.5) is 0 Å². The molecule has 0 aliphatic heterocycles. The third kappa shape index (κ3) is 1.56. The zero-order chi connectivity index (χ0) is 10.1. The molecule has 1 heterocycles. The van der Waals surface area contributed by atoms with Gasteiger partial charge in [-0.2, -0.15) is 0 Å². The molecule has 0 radical (unpaired) electrons. The van der Waals surface area contributed by atoms with Gasteiger partial charge in [0.15, 0.2) is 0 Å². The number of aromatic nitrogens is 1. The zero-order valence-corrected chi connectivity index (χ0v) is 9.70. The Kier molecular flexibility index (Phi) is 2.59. The summed E-state index contributed by atoms with van der Waals surface area (Å²) in [4.78, 5) is 11.8. The van der Waals surface area contributed by atoms with Crippen LogP contribution in [0.5, 0.6) is 0 Å². The molecule has 0 aliphatic rings. The van der Waals surface area contributed by atoms with Crippen LogP contribution in [-0.4, -0.2) is 24.8 Å². The van der Waals surface area contributed by atoms with Crippen LogP contribution in [0.15, 0.2) is 23.0 Å². The summed E-state index contributed by atoms with van der Waals surface area (Å²) in [5.74, 6) is 0. The van der Waals surface area contributed by atoms with Crippen molar-refractivity contribution in [2.24, 2.45) is 5.73 Å². The number of fused-ring (bicyclic) bond motifs is 1. The summed E-state index contributed by atoms with van der Waals surface area (Å²) < 4.78 is 3.04. The molecular formula is C10H12N2OSe. The first-order chi connectivity index (χ1) is 6.72. The van der Waals surface area contributed by atoms with Crippen molar-refractivity contribution in [1.82, 2.24) is 3.56 Å². The van der Waals surface area contributed by atoms with Gasteiger partial charge in [-0.25, -0.2) is 0 Å². The normalized spacial score (nSPS) is 11.0. The molecule has 0 amide bonds. The van der Waals surface area contributed by atoms with Gasteiger partial charge in [0.2, 0.25) is 0 Å². The molecule has 0 saturated heterocycles. The van der Waals surface area contributed by atoms with Crippen molar-refractivity contribution < 1.29 is 0 Å². The predicted molar refractivity (Wildman–Crippen MR) is 58.9 cm³/mol. The van der Waals surface area contributed by atoms with Crippen LogP contribution in [0.25, 0.3) is 9.65 Å². The summed E-state index contributed by atoms with van der Waals surface area (Å²) >= 11 is 0.138. The van der Waals surface area contributed by atoms with Crippen LogP contribution >= 0.6 is 0 Å². The first-order valence-corrected chi connectivity index (χ1v) is 6.15. The molecule has 2 N–H and O–H groups in total. The molecule has 3 nitrogen and oxygen atoms in total. The van der Waals surface area contributed by atoms with E-state index in [4.69, 9.17) is 5.73 Å². The Morgan fingerprint density at radius 1 is 1.50 bits per heavy atom. The molecule has 0 saturated carbocycles. The van der Waals surface area contributed by atoms with E-state index in [0.29, 0.717) is 13.1 Å². The fraction of sp³-hybridized carbons (Fsp3) is 0.300. The topological polar surface area (TPSA) is 48.0 Å². The Balaban J connectivity index is 2.68. The second-order valence-corrected chi connectivity index (χ2v) is 5.52. The molecule has 0 bridgehead atoms. The minimum absolute atomic E-state index is 0.138. The Labute approximate surface area is 88.1 Å². The minimum atomic E-state index is 0.138. The van der Waals surface area contributed by atoms with Gasteiger partial charge in [0.25, 0.3) is 0 Å². The third-order valence-electron chi connectivity index (χ3n) is 2.13. The van der Waals surface area contributed by atoms with E-state index in [9.17, 15) is 4.79 Å². The van der Waals surface area contributed by atoms with Gasteiger partial charge >= 0.3 is 87.8 Å². The number of hydrogen-bond acceptors (Lipinski definition) is 2. The molecular weight excluding hydrogens is 243 g/mol. The number of hydrogen-bond donors (Lipinski definition) is 1. The van der Waals surface area contributed by atoms with Gasteiger partial charge in [-0.1, -0.05) is 0 Å². The van der Waals surface area contributed by atoms with Gasteiger partial charge in [0.05, 0.1) is 0 Å². The monoisotopic (exact) mass is 256 g/mol. The summed E-state index contributed by atoms with van der Waals surface area (Å²) in [6, 6.07) is 6.08. The number of aryl methyl sites for hydroxylation is 1. The maximum absolute atomic E-state index is 11.8. The Morgan fingerprint density at radius 3 is 3.00 bits per heavy atom. The van der Waals surface area contributed by atoms with E-state index in [1.165, 1.54) is 4.26 Å². The number of nitrogens with zero attached hydrogens (tertiary/aromatic N) is 1. The van der Waals surface area contributed by atoms with Crippen LogP contribution in [0.3, 0.4) is 0 Å². The summed E-state index contributed by atoms with van der Waals surface area (Å²) in [5.41, 5.74) is 6.74. The maximum atomic E-state index is 11.8. The zero-order valence-electron chi connectivity index (χ0n) is 7.99. The van der Waals surface area contributed by atoms with E-state index in [2.05, 4.69) is 12.1 Å². The van der Waals surface area contributed by atoms with Crippen molar-refractivity contribution >= 4 is 24.4 Å². The molecule has 74 valence electrons. The summed E-state index contributed by atoms with van der Waals surface area (Å²) in [6.45, 7) is 3.22. The van der Waals surface area contributed by atoms with Gasteiger partial charge in [-0.3, -0.25) is 0 Å². The average molecular weight is 255 g/mol. The van der Waals surface area contributed by atoms with Crippen molar-refractivity contribution in [3.63, 3.8) is 0 Å². The summed E-state index contributed by atoms with van der Waals surface area (Å²) in [5, 5.41) is 0.874. The number of nitrogens with two attached hydrogens (primary N) is 1. The van der Waals surface area contributed by atoms with Gasteiger partial charge in [0.1, 0.15) is 0 Å². The molecule has 2 aromatic rings. The predicted octanol–water partition coefficient (Wildman–Crippen LogP) is 0.326. The SMILES string of the molecule is Cc1ccc2[se]n(CCN)c(=O)c2c1. The standard InChI is InChI=1S/C10H12N2OSe/c1-7-2-3-9-8(6-7)10(13)12(14-9)5-4-11/h2-3,6H,4-5,11H2,1H3. The third-order valence-corrected chi connectivity index (χ3v) is 4.49. The van der Waals surface area contributed by atoms with E-state index >= 15 is 0 Å². The molecule has 1 aromatic heterocycles. The first kappa shape index (κ1) is 9.71. The fourth-order valence-corrected chi connectivity index (χ4v) is 3.52. The van der Waals surface area contributed by atoms with Crippen LogP contribution < -0.4 is 11.3 Å². The molecule has 1 aromatic carbocycles. The van der Waals surface area contributed by atoms with E-state index in [1.807, 2.05) is 16.6 Å². The van der Waals surface area contributed by atoms with E-state index in [1.54, 1.807) is 0 Å². The fourth-order valence-electron chi connectivity index (χ4n) is 1.45. The van der Waals surface area contributed by atoms with Crippen molar-refractivity contribution in [2.75, 3.05) is 6.54 Å². The Hall–Kier alpha value is -0.831. The number of rotatable bonds is 2. The van der Waals surface area contributed by atoms with Gasteiger partial charge < -0.3 is 0 Å². The van der Waals surface area contributed by atoms with Crippen molar-refractivity contribution in [3.8, 4) is 0 Å². The average Bonchev–Trinajstić information content (AvgIpc) is 2.46. The first-order valence-electron chi connectivity index (χ1n) is 4.53. The van der Waals surface area contributed by atoms with E-state index < -0.39 is 0 Å². The second-order valence-electron chi connectivity index (χ2n) is 3.29. The molecule has 2 rings (SSSR count). The van der Waals surface area contributed by atoms with Crippen LogP contribution in [0, 0.1) is 6.92 Å². The number of benzene rings is 1.